The normalized spacial score (nSPS) is 17.0. The first-order valence-electron chi connectivity index (χ1n) is 6.34. The van der Waals surface area contributed by atoms with Gasteiger partial charge in [0.2, 0.25) is 0 Å². The van der Waals surface area contributed by atoms with Crippen LogP contribution in [0.1, 0.15) is 22.3 Å². The minimum Gasteiger partial charge on any atom is -0.294 e. The van der Waals surface area contributed by atoms with E-state index in [1.165, 1.54) is 15.4 Å². The van der Waals surface area contributed by atoms with Gasteiger partial charge in [-0.3, -0.25) is 4.79 Å². The highest BCUT2D eigenvalue weighted by atomic mass is 35.5. The third kappa shape index (κ3) is 3.05. The Morgan fingerprint density at radius 1 is 1.10 bits per heavy atom. The molecule has 2 aromatic carbocycles. The Morgan fingerprint density at radius 3 is 2.55 bits per heavy atom. The van der Waals surface area contributed by atoms with Crippen molar-refractivity contribution >= 4 is 40.9 Å². The van der Waals surface area contributed by atoms with E-state index in [2.05, 4.69) is 25.1 Å². The van der Waals surface area contributed by atoms with Crippen LogP contribution < -0.4 is 0 Å². The molecule has 0 fully saturated rings. The summed E-state index contributed by atoms with van der Waals surface area (Å²) in [6, 6.07) is 13.6. The van der Waals surface area contributed by atoms with Crippen molar-refractivity contribution in [2.75, 3.05) is 0 Å². The number of rotatable bonds is 3. The lowest BCUT2D eigenvalue weighted by Crippen LogP contribution is -2.05. The average molecular weight is 321 g/mol. The molecule has 4 heteroatoms. The van der Waals surface area contributed by atoms with Crippen molar-refractivity contribution in [3.05, 3.63) is 58.6 Å². The largest absolute Gasteiger partial charge is 0.294 e. The number of carbonyl (C=O) groups is 1. The SMILES string of the molecule is Cc1ccc2c(c1)S[C@H](CC(=O)c1ccc(Cl)cc1)S2. The van der Waals surface area contributed by atoms with Crippen molar-refractivity contribution < 1.29 is 4.79 Å². The zero-order chi connectivity index (χ0) is 14.1. The van der Waals surface area contributed by atoms with Crippen LogP contribution in [0.3, 0.4) is 0 Å². The van der Waals surface area contributed by atoms with E-state index in [-0.39, 0.29) is 10.4 Å². The van der Waals surface area contributed by atoms with Crippen molar-refractivity contribution in [3.63, 3.8) is 0 Å². The molecule has 0 aliphatic carbocycles. The van der Waals surface area contributed by atoms with Gasteiger partial charge in [0.15, 0.2) is 5.78 Å². The molecule has 1 aliphatic heterocycles. The van der Waals surface area contributed by atoms with Gasteiger partial charge in [0.1, 0.15) is 0 Å². The lowest BCUT2D eigenvalue weighted by atomic mass is 10.1. The molecule has 0 saturated carbocycles. The molecule has 0 spiro atoms. The predicted molar refractivity (Wildman–Crippen MR) is 87.1 cm³/mol. The van der Waals surface area contributed by atoms with Gasteiger partial charge in [-0.1, -0.05) is 17.7 Å². The maximum Gasteiger partial charge on any atom is 0.164 e. The molecular formula is C16H13ClOS2. The van der Waals surface area contributed by atoms with E-state index in [1.54, 1.807) is 47.8 Å². The summed E-state index contributed by atoms with van der Waals surface area (Å²) in [6.45, 7) is 2.09. The molecule has 1 aliphatic rings. The van der Waals surface area contributed by atoms with Gasteiger partial charge in [0.25, 0.3) is 0 Å². The molecule has 1 heterocycles. The first kappa shape index (κ1) is 14.1. The highest BCUT2D eigenvalue weighted by Crippen LogP contribution is 2.49. The zero-order valence-electron chi connectivity index (χ0n) is 10.9. The van der Waals surface area contributed by atoms with Gasteiger partial charge < -0.3 is 0 Å². The Bertz CT molecular complexity index is 652. The van der Waals surface area contributed by atoms with Crippen LogP contribution in [-0.4, -0.2) is 10.4 Å². The number of halogens is 1. The number of fused-ring (bicyclic) bond motifs is 1. The van der Waals surface area contributed by atoms with Crippen LogP contribution >= 0.6 is 35.1 Å². The predicted octanol–water partition coefficient (Wildman–Crippen LogP) is 5.45. The number of thioether (sulfide) groups is 2. The maximum absolute atomic E-state index is 12.3. The average Bonchev–Trinajstić information content (AvgIpc) is 2.80. The molecule has 0 bridgehead atoms. The third-order valence-corrected chi connectivity index (χ3v) is 6.15. The van der Waals surface area contributed by atoms with Crippen molar-refractivity contribution in [1.29, 1.82) is 0 Å². The van der Waals surface area contributed by atoms with Crippen LogP contribution in [0.4, 0.5) is 0 Å². The Kier molecular flexibility index (Phi) is 4.11. The summed E-state index contributed by atoms with van der Waals surface area (Å²) in [4.78, 5) is 14.8. The maximum atomic E-state index is 12.3. The summed E-state index contributed by atoms with van der Waals surface area (Å²) in [5.74, 6) is 0.177. The molecule has 0 amide bonds. The van der Waals surface area contributed by atoms with Crippen molar-refractivity contribution in [2.24, 2.45) is 0 Å². The highest BCUT2D eigenvalue weighted by Gasteiger charge is 2.25. The van der Waals surface area contributed by atoms with Crippen LogP contribution in [0.15, 0.2) is 52.3 Å². The second kappa shape index (κ2) is 5.84. The van der Waals surface area contributed by atoms with Crippen LogP contribution in [0.5, 0.6) is 0 Å². The van der Waals surface area contributed by atoms with E-state index in [9.17, 15) is 4.79 Å². The lowest BCUT2D eigenvalue weighted by molar-refractivity contribution is 0.0987. The molecular weight excluding hydrogens is 308 g/mol. The standard InChI is InChI=1S/C16H13ClOS2/c1-10-2-7-14-15(8-10)20-16(19-14)9-13(18)11-3-5-12(17)6-4-11/h2-8,16H,9H2,1H3/t16-/m1/s1. The first-order valence-corrected chi connectivity index (χ1v) is 8.48. The van der Waals surface area contributed by atoms with Gasteiger partial charge in [-0.25, -0.2) is 0 Å². The molecule has 20 heavy (non-hydrogen) atoms. The number of aryl methyl sites for hydroxylation is 1. The Labute approximate surface area is 132 Å². The summed E-state index contributed by atoms with van der Waals surface area (Å²) in [6.07, 6.45) is 0.546. The van der Waals surface area contributed by atoms with Gasteiger partial charge in [0, 0.05) is 26.8 Å². The van der Waals surface area contributed by atoms with Gasteiger partial charge >= 0.3 is 0 Å². The number of Topliss-reactive ketones (excluding diaryl/α,β-unsaturated/α-hetero) is 1. The van der Waals surface area contributed by atoms with E-state index in [0.29, 0.717) is 11.4 Å². The minimum absolute atomic E-state index is 0.177. The monoisotopic (exact) mass is 320 g/mol. The van der Waals surface area contributed by atoms with E-state index in [1.807, 2.05) is 0 Å². The van der Waals surface area contributed by atoms with Crippen LogP contribution in [0, 0.1) is 6.92 Å². The molecule has 2 aromatic rings. The first-order chi connectivity index (χ1) is 9.61. The number of ketones is 1. The number of benzene rings is 2. The fraction of sp³-hybridized carbons (Fsp3) is 0.188. The van der Waals surface area contributed by atoms with Gasteiger partial charge in [0.05, 0.1) is 4.58 Å². The zero-order valence-corrected chi connectivity index (χ0v) is 13.3. The van der Waals surface area contributed by atoms with Crippen LogP contribution in [0.2, 0.25) is 5.02 Å². The van der Waals surface area contributed by atoms with Crippen molar-refractivity contribution in [3.8, 4) is 0 Å². The van der Waals surface area contributed by atoms with Gasteiger partial charge in [-0.05, 0) is 48.9 Å². The smallest absolute Gasteiger partial charge is 0.164 e. The van der Waals surface area contributed by atoms with Crippen LogP contribution in [-0.2, 0) is 0 Å². The molecule has 0 unspecified atom stereocenters. The van der Waals surface area contributed by atoms with E-state index >= 15 is 0 Å². The molecule has 3 rings (SSSR count). The highest BCUT2D eigenvalue weighted by molar-refractivity contribution is 8.19. The number of carbonyl (C=O) groups excluding carboxylic acids is 1. The van der Waals surface area contributed by atoms with Crippen molar-refractivity contribution in [2.45, 2.75) is 27.7 Å². The minimum atomic E-state index is 0.177. The molecule has 0 N–H and O–H groups in total. The lowest BCUT2D eigenvalue weighted by Gasteiger charge is -2.06. The van der Waals surface area contributed by atoms with E-state index in [0.717, 1.165) is 5.56 Å². The van der Waals surface area contributed by atoms with Gasteiger partial charge in [-0.15, -0.1) is 23.5 Å². The molecule has 1 nitrogen and oxygen atoms in total. The molecule has 0 radical (unpaired) electrons. The number of hydrogen-bond acceptors (Lipinski definition) is 3. The topological polar surface area (TPSA) is 17.1 Å². The van der Waals surface area contributed by atoms with Crippen LogP contribution in [0.25, 0.3) is 0 Å². The summed E-state index contributed by atoms with van der Waals surface area (Å²) in [5, 5.41) is 0.661. The van der Waals surface area contributed by atoms with E-state index in [4.69, 9.17) is 11.6 Å². The summed E-state index contributed by atoms with van der Waals surface area (Å²) >= 11 is 9.42. The third-order valence-electron chi connectivity index (χ3n) is 3.13. The summed E-state index contributed by atoms with van der Waals surface area (Å²) in [7, 11) is 0. The fourth-order valence-electron chi connectivity index (χ4n) is 2.10. The second-order valence-electron chi connectivity index (χ2n) is 4.75. The molecule has 102 valence electrons. The Hall–Kier alpha value is -0.900. The summed E-state index contributed by atoms with van der Waals surface area (Å²) < 4.78 is 0.273. The van der Waals surface area contributed by atoms with Crippen molar-refractivity contribution in [1.82, 2.24) is 0 Å². The Morgan fingerprint density at radius 2 is 1.80 bits per heavy atom. The molecule has 0 aromatic heterocycles. The van der Waals surface area contributed by atoms with E-state index < -0.39 is 0 Å². The quantitative estimate of drug-likeness (QED) is 0.700. The Balaban J connectivity index is 1.68. The molecule has 1 atom stereocenters. The second-order valence-corrected chi connectivity index (χ2v) is 7.97. The number of hydrogen-bond donors (Lipinski definition) is 0. The molecule has 0 saturated heterocycles. The van der Waals surface area contributed by atoms with Gasteiger partial charge in [-0.2, -0.15) is 0 Å². The summed E-state index contributed by atoms with van der Waals surface area (Å²) in [5.41, 5.74) is 2.00. The fourth-order valence-corrected chi connectivity index (χ4v) is 5.13.